The summed E-state index contributed by atoms with van der Waals surface area (Å²) in [7, 11) is 5.83. The van der Waals surface area contributed by atoms with Crippen molar-refractivity contribution in [2.45, 2.75) is 11.1 Å². The van der Waals surface area contributed by atoms with Gasteiger partial charge in [0, 0.05) is 10.7 Å². The molecule has 0 aliphatic rings. The van der Waals surface area contributed by atoms with Crippen LogP contribution >= 0.6 is 10.7 Å². The summed E-state index contributed by atoms with van der Waals surface area (Å²) in [6, 6.07) is 1.93. The Morgan fingerprint density at radius 3 is 2.20 bits per heavy atom. The van der Waals surface area contributed by atoms with Crippen molar-refractivity contribution < 1.29 is 21.6 Å². The van der Waals surface area contributed by atoms with Gasteiger partial charge in [-0.25, -0.2) is 8.42 Å². The van der Waals surface area contributed by atoms with E-state index >= 15 is 0 Å². The molecule has 0 amide bonds. The van der Waals surface area contributed by atoms with Gasteiger partial charge in [-0.3, -0.25) is 0 Å². The van der Waals surface area contributed by atoms with Gasteiger partial charge in [0.05, 0.1) is 10.5 Å². The van der Waals surface area contributed by atoms with Crippen LogP contribution in [0.2, 0.25) is 0 Å². The molecule has 0 saturated carbocycles. The van der Waals surface area contributed by atoms with Crippen LogP contribution in [0, 0.1) is 0 Å². The van der Waals surface area contributed by atoms with Gasteiger partial charge in [0.25, 0.3) is 9.05 Å². The van der Waals surface area contributed by atoms with Crippen molar-refractivity contribution in [1.82, 2.24) is 0 Å². The zero-order chi connectivity index (χ0) is 11.9. The molecule has 1 aromatic rings. The minimum atomic E-state index is -4.63. The van der Waals surface area contributed by atoms with Gasteiger partial charge in [0.2, 0.25) is 0 Å². The fourth-order valence-electron chi connectivity index (χ4n) is 0.922. The maximum Gasteiger partial charge on any atom is 0.416 e. The van der Waals surface area contributed by atoms with Crippen molar-refractivity contribution in [3.05, 3.63) is 23.8 Å². The van der Waals surface area contributed by atoms with E-state index in [0.717, 1.165) is 6.07 Å². The van der Waals surface area contributed by atoms with E-state index in [2.05, 4.69) is 0 Å². The monoisotopic (exact) mass is 254 g/mol. The third-order valence-corrected chi connectivity index (χ3v) is 2.98. The van der Waals surface area contributed by atoms with Crippen LogP contribution in [0.1, 0.15) is 5.56 Å². The van der Waals surface area contributed by atoms with Crippen molar-refractivity contribution in [1.29, 1.82) is 0 Å². The normalized spacial score (nSPS) is 12.8. The highest BCUT2D eigenvalue weighted by molar-refractivity contribution is 8.13. The molecule has 0 aliphatic carbocycles. The van der Waals surface area contributed by atoms with Gasteiger partial charge in [-0.1, -0.05) is 17.6 Å². The van der Waals surface area contributed by atoms with Gasteiger partial charge in [0.15, 0.2) is 0 Å². The van der Waals surface area contributed by atoms with Crippen LogP contribution in [0.15, 0.2) is 23.1 Å². The molecule has 8 heteroatoms. The summed E-state index contributed by atoms with van der Waals surface area (Å²) in [5.41, 5.74) is -1.44. The molecule has 0 aromatic heterocycles. The van der Waals surface area contributed by atoms with E-state index in [1.807, 2.05) is 0 Å². The largest absolute Gasteiger partial charge is 0.416 e. The summed E-state index contributed by atoms with van der Waals surface area (Å²) in [6.45, 7) is 0. The van der Waals surface area contributed by atoms with Gasteiger partial charge >= 0.3 is 6.18 Å². The second-order valence-electron chi connectivity index (χ2n) is 2.69. The zero-order valence-electron chi connectivity index (χ0n) is 7.05. The van der Waals surface area contributed by atoms with E-state index in [9.17, 15) is 21.6 Å². The quantitative estimate of drug-likeness (QED) is 0.561. The third-order valence-electron chi connectivity index (χ3n) is 1.60. The average molecular weight is 254 g/mol. The number of benzene rings is 1. The lowest BCUT2D eigenvalue weighted by Crippen LogP contribution is -2.15. The van der Waals surface area contributed by atoms with Gasteiger partial charge in [0.1, 0.15) is 7.85 Å². The molecule has 2 nitrogen and oxygen atoms in total. The number of alkyl halides is 3. The van der Waals surface area contributed by atoms with Crippen molar-refractivity contribution >= 4 is 33.0 Å². The maximum atomic E-state index is 12.2. The Labute approximate surface area is 89.9 Å². The molecule has 0 atom stereocenters. The Kier molecular flexibility index (Phi) is 3.07. The first-order chi connectivity index (χ1) is 6.62. The molecule has 0 fully saturated rings. The van der Waals surface area contributed by atoms with Crippen LogP contribution in [0.3, 0.4) is 0 Å². The van der Waals surface area contributed by atoms with Gasteiger partial charge < -0.3 is 0 Å². The van der Waals surface area contributed by atoms with Gasteiger partial charge in [-0.15, -0.1) is 0 Å². The smallest absolute Gasteiger partial charge is 0.207 e. The number of hydrogen-bond donors (Lipinski definition) is 0. The molecule has 0 heterocycles. The average Bonchev–Trinajstić information content (AvgIpc) is 2.00. The van der Waals surface area contributed by atoms with Crippen molar-refractivity contribution in [2.75, 3.05) is 0 Å². The molecule has 2 radical (unpaired) electrons. The van der Waals surface area contributed by atoms with E-state index in [4.69, 9.17) is 18.5 Å². The Morgan fingerprint density at radius 2 is 1.80 bits per heavy atom. The van der Waals surface area contributed by atoms with Gasteiger partial charge in [-0.05, 0) is 6.07 Å². The predicted octanol–water partition coefficient (Wildman–Crippen LogP) is 1.43. The van der Waals surface area contributed by atoms with Crippen LogP contribution in [0.25, 0.3) is 0 Å². The first-order valence-electron chi connectivity index (χ1n) is 3.54. The molecule has 1 rings (SSSR count). The summed E-state index contributed by atoms with van der Waals surface area (Å²) < 4.78 is 58.3. The number of halogens is 4. The molecular formula is C7H3BClF3O2S. The lowest BCUT2D eigenvalue weighted by atomic mass is 9.95. The summed E-state index contributed by atoms with van der Waals surface area (Å²) in [5, 5.41) is 0. The van der Waals surface area contributed by atoms with E-state index in [-0.39, 0.29) is 5.46 Å². The maximum absolute atomic E-state index is 12.2. The summed E-state index contributed by atoms with van der Waals surface area (Å²) in [4.78, 5) is -0.737. The van der Waals surface area contributed by atoms with Crippen LogP contribution in [0.4, 0.5) is 13.2 Å². The Balaban J connectivity index is 3.43. The SMILES string of the molecule is [B]c1ccc(C(F)(F)F)cc1S(=O)(=O)Cl. The Morgan fingerprint density at radius 1 is 1.27 bits per heavy atom. The summed E-state index contributed by atoms with van der Waals surface area (Å²) >= 11 is 0. The number of hydrogen-bond acceptors (Lipinski definition) is 2. The summed E-state index contributed by atoms with van der Waals surface area (Å²) in [5.74, 6) is 0. The van der Waals surface area contributed by atoms with E-state index in [1.165, 1.54) is 0 Å². The minimum Gasteiger partial charge on any atom is -0.207 e. The van der Waals surface area contributed by atoms with Crippen LogP contribution in [-0.2, 0) is 15.2 Å². The van der Waals surface area contributed by atoms with Crippen LogP contribution in [0.5, 0.6) is 0 Å². The van der Waals surface area contributed by atoms with E-state index in [1.54, 1.807) is 0 Å². The Hall–Kier alpha value is -0.685. The van der Waals surface area contributed by atoms with Crippen LogP contribution < -0.4 is 5.46 Å². The molecule has 80 valence electrons. The van der Waals surface area contributed by atoms with Crippen molar-refractivity contribution in [3.63, 3.8) is 0 Å². The number of rotatable bonds is 1. The standard InChI is InChI=1S/C7H3BClF3O2S/c8-5-2-1-4(7(10,11)12)3-6(5)15(9,13)14/h1-3H. The fourth-order valence-corrected chi connectivity index (χ4v) is 1.94. The highest BCUT2D eigenvalue weighted by Gasteiger charge is 2.31. The molecule has 0 bridgehead atoms. The molecule has 0 N–H and O–H groups in total. The highest BCUT2D eigenvalue weighted by atomic mass is 35.7. The van der Waals surface area contributed by atoms with E-state index < -0.39 is 25.7 Å². The predicted molar refractivity (Wildman–Crippen MR) is 49.9 cm³/mol. The summed E-state index contributed by atoms with van der Waals surface area (Å²) in [6.07, 6.45) is -4.63. The van der Waals surface area contributed by atoms with Crippen molar-refractivity contribution in [3.8, 4) is 0 Å². The lowest BCUT2D eigenvalue weighted by Gasteiger charge is -2.09. The minimum absolute atomic E-state index is 0.321. The molecule has 1 aromatic carbocycles. The molecule has 0 saturated heterocycles. The second-order valence-corrected chi connectivity index (χ2v) is 5.22. The van der Waals surface area contributed by atoms with E-state index in [0.29, 0.717) is 12.1 Å². The third kappa shape index (κ3) is 2.88. The topological polar surface area (TPSA) is 34.1 Å². The lowest BCUT2D eigenvalue weighted by molar-refractivity contribution is -0.137. The Bertz CT molecular complexity index is 483. The molecule has 0 spiro atoms. The second kappa shape index (κ2) is 3.71. The first kappa shape index (κ1) is 12.4. The first-order valence-corrected chi connectivity index (χ1v) is 5.84. The van der Waals surface area contributed by atoms with Crippen molar-refractivity contribution in [2.24, 2.45) is 0 Å². The molecule has 0 unspecified atom stereocenters. The fraction of sp³-hybridized carbons (Fsp3) is 0.143. The zero-order valence-corrected chi connectivity index (χ0v) is 8.62. The molecular weight excluding hydrogens is 251 g/mol. The molecule has 0 aliphatic heterocycles. The molecule has 15 heavy (non-hydrogen) atoms. The van der Waals surface area contributed by atoms with Crippen LogP contribution in [-0.4, -0.2) is 16.3 Å². The highest BCUT2D eigenvalue weighted by Crippen LogP contribution is 2.30. The van der Waals surface area contributed by atoms with Gasteiger partial charge in [-0.2, -0.15) is 13.2 Å².